The van der Waals surface area contributed by atoms with Crippen molar-refractivity contribution in [3.8, 4) is 0 Å². The van der Waals surface area contributed by atoms with Crippen molar-refractivity contribution < 1.29 is 23.5 Å². The zero-order valence-corrected chi connectivity index (χ0v) is 16.8. The molecule has 28 heavy (non-hydrogen) atoms. The zero-order valence-electron chi connectivity index (χ0n) is 16.0. The van der Waals surface area contributed by atoms with E-state index in [0.29, 0.717) is 11.1 Å². The molecule has 2 rings (SSSR count). The van der Waals surface area contributed by atoms with Gasteiger partial charge in [-0.25, -0.2) is 4.39 Å². The first kappa shape index (κ1) is 21.6. The molecule has 0 spiro atoms. The van der Waals surface area contributed by atoms with E-state index in [0.717, 1.165) is 4.90 Å². The molecule has 0 bridgehead atoms. The van der Waals surface area contributed by atoms with Crippen LogP contribution in [0.2, 0.25) is 0 Å². The van der Waals surface area contributed by atoms with Crippen molar-refractivity contribution in [2.75, 3.05) is 11.6 Å². The average Bonchev–Trinajstić information content (AvgIpc) is 2.69. The molecule has 1 amide bonds. The van der Waals surface area contributed by atoms with Crippen LogP contribution in [0, 0.1) is 12.7 Å². The number of hydrogen-bond acceptors (Lipinski definition) is 5. The van der Waals surface area contributed by atoms with Crippen molar-refractivity contribution in [1.29, 1.82) is 0 Å². The fourth-order valence-electron chi connectivity index (χ4n) is 2.36. The number of ketones is 1. The lowest BCUT2D eigenvalue weighted by molar-refractivity contribution is -0.153. The van der Waals surface area contributed by atoms with Crippen LogP contribution in [0.1, 0.15) is 35.7 Å². The third kappa shape index (κ3) is 6.20. The highest BCUT2D eigenvalue weighted by Crippen LogP contribution is 2.17. The topological polar surface area (TPSA) is 72.5 Å². The first-order chi connectivity index (χ1) is 13.3. The van der Waals surface area contributed by atoms with Gasteiger partial charge in [0, 0.05) is 22.6 Å². The molecule has 0 fully saturated rings. The van der Waals surface area contributed by atoms with Crippen LogP contribution in [0.25, 0.3) is 0 Å². The van der Waals surface area contributed by atoms with E-state index in [9.17, 15) is 18.8 Å². The molecule has 0 aliphatic carbocycles. The molecule has 0 unspecified atom stereocenters. The lowest BCUT2D eigenvalue weighted by Gasteiger charge is -2.14. The summed E-state index contributed by atoms with van der Waals surface area (Å²) in [5, 5.41) is 2.49. The molecule has 1 atom stereocenters. The van der Waals surface area contributed by atoms with Crippen LogP contribution >= 0.6 is 11.8 Å². The Morgan fingerprint density at radius 2 is 1.79 bits per heavy atom. The van der Waals surface area contributed by atoms with Gasteiger partial charge in [0.15, 0.2) is 11.9 Å². The summed E-state index contributed by atoms with van der Waals surface area (Å²) in [7, 11) is 0. The van der Waals surface area contributed by atoms with Crippen LogP contribution < -0.4 is 5.32 Å². The summed E-state index contributed by atoms with van der Waals surface area (Å²) in [6.07, 6.45) is 0.752. The quantitative estimate of drug-likeness (QED) is 0.402. The van der Waals surface area contributed by atoms with Gasteiger partial charge in [-0.1, -0.05) is 18.2 Å². The van der Waals surface area contributed by atoms with Crippen LogP contribution in [0.5, 0.6) is 0 Å². The van der Waals surface area contributed by atoms with Crippen LogP contribution in [-0.4, -0.2) is 30.0 Å². The molecule has 7 heteroatoms. The number of anilines is 1. The normalized spacial score (nSPS) is 11.6. The second-order valence-electron chi connectivity index (χ2n) is 6.24. The molecule has 0 aromatic heterocycles. The van der Waals surface area contributed by atoms with E-state index >= 15 is 0 Å². The van der Waals surface area contributed by atoms with Crippen molar-refractivity contribution in [2.24, 2.45) is 0 Å². The van der Waals surface area contributed by atoms with E-state index < -0.39 is 23.8 Å². The second kappa shape index (κ2) is 10.0. The Morgan fingerprint density at radius 3 is 2.39 bits per heavy atom. The van der Waals surface area contributed by atoms with E-state index in [1.165, 1.54) is 13.0 Å². The van der Waals surface area contributed by atoms with Gasteiger partial charge in [0.05, 0.1) is 6.42 Å². The molecule has 1 N–H and O–H groups in total. The van der Waals surface area contributed by atoms with Gasteiger partial charge < -0.3 is 10.1 Å². The van der Waals surface area contributed by atoms with Crippen molar-refractivity contribution >= 4 is 35.1 Å². The second-order valence-corrected chi connectivity index (χ2v) is 7.12. The number of halogens is 1. The minimum atomic E-state index is -1.06. The number of rotatable bonds is 8. The SMILES string of the molecule is CSc1ccc(C(=O)CCC(=O)O[C@@H](C)C(=O)Nc2ccc(C)c(F)c2)cc1. The van der Waals surface area contributed by atoms with E-state index in [2.05, 4.69) is 5.32 Å². The van der Waals surface area contributed by atoms with Gasteiger partial charge in [0.25, 0.3) is 5.91 Å². The number of carbonyl (C=O) groups is 3. The summed E-state index contributed by atoms with van der Waals surface area (Å²) in [5.74, 6) is -1.83. The number of aryl methyl sites for hydroxylation is 1. The van der Waals surface area contributed by atoms with E-state index in [1.807, 2.05) is 18.4 Å². The lowest BCUT2D eigenvalue weighted by atomic mass is 10.1. The minimum absolute atomic E-state index is 0.00500. The molecule has 0 heterocycles. The number of carbonyl (C=O) groups excluding carboxylic acids is 3. The Kier molecular flexibility index (Phi) is 7.75. The van der Waals surface area contributed by atoms with Crippen LogP contribution in [0.15, 0.2) is 47.4 Å². The molecule has 0 saturated carbocycles. The van der Waals surface area contributed by atoms with Crippen molar-refractivity contribution in [3.63, 3.8) is 0 Å². The summed E-state index contributed by atoms with van der Waals surface area (Å²) in [6, 6.07) is 11.4. The summed E-state index contributed by atoms with van der Waals surface area (Å²) >= 11 is 1.57. The molecule has 5 nitrogen and oxygen atoms in total. The number of Topliss-reactive ketones (excluding diaryl/α,β-unsaturated/α-hetero) is 1. The Hall–Kier alpha value is -2.67. The van der Waals surface area contributed by atoms with Crippen LogP contribution in [0.3, 0.4) is 0 Å². The Morgan fingerprint density at radius 1 is 1.11 bits per heavy atom. The first-order valence-corrected chi connectivity index (χ1v) is 9.96. The van der Waals surface area contributed by atoms with Gasteiger partial charge in [-0.2, -0.15) is 0 Å². The maximum absolute atomic E-state index is 13.5. The van der Waals surface area contributed by atoms with Crippen LogP contribution in [-0.2, 0) is 14.3 Å². The molecule has 148 valence electrons. The zero-order chi connectivity index (χ0) is 20.7. The summed E-state index contributed by atoms with van der Waals surface area (Å²) < 4.78 is 18.6. The average molecular weight is 403 g/mol. The minimum Gasteiger partial charge on any atom is -0.453 e. The van der Waals surface area contributed by atoms with Gasteiger partial charge in [0.2, 0.25) is 0 Å². The number of hydrogen-bond donors (Lipinski definition) is 1. The van der Waals surface area contributed by atoms with Gasteiger partial charge in [0.1, 0.15) is 5.82 Å². The molecule has 2 aromatic carbocycles. The number of thioether (sulfide) groups is 1. The largest absolute Gasteiger partial charge is 0.453 e. The van der Waals surface area contributed by atoms with Crippen LogP contribution in [0.4, 0.5) is 10.1 Å². The number of amides is 1. The van der Waals surface area contributed by atoms with Gasteiger partial charge >= 0.3 is 5.97 Å². The van der Waals surface area contributed by atoms with Gasteiger partial charge in [-0.3, -0.25) is 14.4 Å². The number of ether oxygens (including phenoxy) is 1. The van der Waals surface area contributed by atoms with Crippen molar-refractivity contribution in [3.05, 3.63) is 59.4 Å². The molecule has 2 aromatic rings. The summed E-state index contributed by atoms with van der Waals surface area (Å²) in [5.41, 5.74) is 1.27. The Balaban J connectivity index is 1.81. The third-order valence-corrected chi connectivity index (χ3v) is 4.83. The summed E-state index contributed by atoms with van der Waals surface area (Å²) in [4.78, 5) is 37.2. The van der Waals surface area contributed by atoms with Crippen molar-refractivity contribution in [2.45, 2.75) is 37.7 Å². The van der Waals surface area contributed by atoms with E-state index in [-0.39, 0.29) is 24.3 Å². The molecule has 0 saturated heterocycles. The van der Waals surface area contributed by atoms with E-state index in [4.69, 9.17) is 4.74 Å². The standard InChI is InChI=1S/C21H22FNO4S/c1-13-4-7-16(12-18(13)22)23-21(26)14(2)27-20(25)11-10-19(24)15-5-8-17(28-3)9-6-15/h4-9,12,14H,10-11H2,1-3H3,(H,23,26)/t14-/m0/s1. The highest BCUT2D eigenvalue weighted by Gasteiger charge is 2.19. The van der Waals surface area contributed by atoms with E-state index in [1.54, 1.807) is 43.0 Å². The monoisotopic (exact) mass is 403 g/mol. The predicted octanol–water partition coefficient (Wildman–Crippen LogP) is 4.39. The Labute approximate surface area is 167 Å². The number of benzene rings is 2. The Bertz CT molecular complexity index is 867. The molecule has 0 aliphatic rings. The van der Waals surface area contributed by atoms with Gasteiger partial charge in [-0.05, 0) is 49.9 Å². The molecular weight excluding hydrogens is 381 g/mol. The summed E-state index contributed by atoms with van der Waals surface area (Å²) in [6.45, 7) is 3.03. The third-order valence-electron chi connectivity index (χ3n) is 4.09. The first-order valence-electron chi connectivity index (χ1n) is 8.74. The van der Waals surface area contributed by atoms with Gasteiger partial charge in [-0.15, -0.1) is 11.8 Å². The maximum atomic E-state index is 13.5. The molecule has 0 aliphatic heterocycles. The number of esters is 1. The lowest BCUT2D eigenvalue weighted by Crippen LogP contribution is -2.30. The molecule has 0 radical (unpaired) electrons. The maximum Gasteiger partial charge on any atom is 0.307 e. The fourth-order valence-corrected chi connectivity index (χ4v) is 2.77. The highest BCUT2D eigenvalue weighted by molar-refractivity contribution is 7.98. The number of nitrogens with one attached hydrogen (secondary N) is 1. The fraction of sp³-hybridized carbons (Fsp3) is 0.286. The predicted molar refractivity (Wildman–Crippen MR) is 107 cm³/mol. The highest BCUT2D eigenvalue weighted by atomic mass is 32.2. The van der Waals surface area contributed by atoms with Crippen molar-refractivity contribution in [1.82, 2.24) is 0 Å². The smallest absolute Gasteiger partial charge is 0.307 e. The molecular formula is C21H22FNO4S.